The Balaban J connectivity index is 0.686. The molecule has 4 unspecified atom stereocenters. The Hall–Kier alpha value is -10.9. The lowest BCUT2D eigenvalue weighted by Crippen LogP contribution is -2.46. The lowest BCUT2D eigenvalue weighted by Gasteiger charge is -2.47. The van der Waals surface area contributed by atoms with Crippen molar-refractivity contribution < 1.29 is 9.47 Å². The Labute approximate surface area is 577 Å². The summed E-state index contributed by atoms with van der Waals surface area (Å²) in [6, 6.07) is 97.7. The zero-order chi connectivity index (χ0) is 65.7. The van der Waals surface area contributed by atoms with Crippen molar-refractivity contribution in [1.82, 2.24) is 0 Å². The van der Waals surface area contributed by atoms with E-state index in [1.807, 2.05) is 0 Å². The van der Waals surface area contributed by atoms with E-state index in [0.29, 0.717) is 0 Å². The maximum absolute atomic E-state index is 6.78. The van der Waals surface area contributed by atoms with Gasteiger partial charge in [0.25, 0.3) is 0 Å². The molecule has 0 aliphatic heterocycles. The fourth-order valence-electron chi connectivity index (χ4n) is 17.5. The topological polar surface area (TPSA) is 24.9 Å². The standard InChI is InChI=1S/C94H78N2O2/c1-62-23-37-71(38-24-62)93(73-41-51-80(52-42-73)97-81-49-35-67-27-29-69(67)58-81)87-21-13-11-19-83(87)85-53-48-79(60-89(85)93)95(75-15-7-5-8-16-75)76-44-31-65(32-45-76)66-33-46-78(47-34-66)96(77-17-9-6-10-18-77)92(4)56-55-86-84-20-12-14-22-88(84)94(90(86)61-92,72-39-25-63(2)26-40-72)74-43-54-91(64(3)57-74)98-82-50-36-68-28-30-70(68)59-82/h5-10,12-18,20-26,31-56,58-60,64H,11,19,27-30,57,61H2,1-4H3. The Morgan fingerprint density at radius 3 is 1.59 bits per heavy atom. The van der Waals surface area contributed by atoms with Crippen LogP contribution in [0.25, 0.3) is 22.3 Å². The van der Waals surface area contributed by atoms with Crippen molar-refractivity contribution in [3.63, 3.8) is 0 Å². The number of rotatable bonds is 15. The Morgan fingerprint density at radius 1 is 0.429 bits per heavy atom. The molecular formula is C94H78N2O2. The van der Waals surface area contributed by atoms with Gasteiger partial charge in [0.15, 0.2) is 0 Å². The predicted molar refractivity (Wildman–Crippen MR) is 404 cm³/mol. The van der Waals surface area contributed by atoms with Crippen LogP contribution in [0, 0.1) is 19.8 Å². The van der Waals surface area contributed by atoms with Crippen molar-refractivity contribution in [2.24, 2.45) is 5.92 Å². The van der Waals surface area contributed by atoms with Gasteiger partial charge in [-0.25, -0.2) is 0 Å². The van der Waals surface area contributed by atoms with Crippen LogP contribution in [0.15, 0.2) is 320 Å². The van der Waals surface area contributed by atoms with Gasteiger partial charge < -0.3 is 19.3 Å². The number of aryl methyl sites for hydroxylation is 6. The molecule has 0 spiro atoms. The predicted octanol–water partition coefficient (Wildman–Crippen LogP) is 23.4. The van der Waals surface area contributed by atoms with E-state index < -0.39 is 16.4 Å². The quantitative estimate of drug-likeness (QED) is 0.102. The van der Waals surface area contributed by atoms with Crippen LogP contribution in [-0.4, -0.2) is 5.54 Å². The molecule has 11 aromatic rings. The molecule has 4 heteroatoms. The first kappa shape index (κ1) is 59.5. The van der Waals surface area contributed by atoms with E-state index in [-0.39, 0.29) is 5.92 Å². The van der Waals surface area contributed by atoms with Crippen LogP contribution >= 0.6 is 0 Å². The van der Waals surface area contributed by atoms with Gasteiger partial charge in [0.1, 0.15) is 23.0 Å². The van der Waals surface area contributed by atoms with Crippen LogP contribution in [0.1, 0.15) is 112 Å². The van der Waals surface area contributed by atoms with Crippen molar-refractivity contribution in [3.8, 4) is 28.4 Å². The first-order chi connectivity index (χ1) is 48.1. The van der Waals surface area contributed by atoms with Gasteiger partial charge in [-0.2, -0.15) is 0 Å². The molecule has 98 heavy (non-hydrogen) atoms. The van der Waals surface area contributed by atoms with Gasteiger partial charge in [0.05, 0.1) is 16.4 Å². The Kier molecular flexibility index (Phi) is 14.4. The summed E-state index contributed by atoms with van der Waals surface area (Å²) in [4.78, 5) is 5.02. The third-order valence-electron chi connectivity index (χ3n) is 22.6. The van der Waals surface area contributed by atoms with Crippen LogP contribution in [0.4, 0.5) is 28.4 Å². The van der Waals surface area contributed by atoms with Gasteiger partial charge in [-0.1, -0.05) is 218 Å². The van der Waals surface area contributed by atoms with Gasteiger partial charge in [-0.05, 0) is 270 Å². The van der Waals surface area contributed by atoms with Gasteiger partial charge >= 0.3 is 0 Å². The molecule has 4 nitrogen and oxygen atoms in total. The first-order valence-corrected chi connectivity index (χ1v) is 35.3. The number of hydrogen-bond donors (Lipinski definition) is 0. The number of para-hydroxylation sites is 2. The summed E-state index contributed by atoms with van der Waals surface area (Å²) >= 11 is 0. The maximum Gasteiger partial charge on any atom is 0.127 e. The summed E-state index contributed by atoms with van der Waals surface area (Å²) in [5, 5.41) is 0. The third kappa shape index (κ3) is 9.77. The van der Waals surface area contributed by atoms with Crippen LogP contribution in [0.2, 0.25) is 0 Å². The molecule has 0 fully saturated rings. The molecule has 0 saturated carbocycles. The van der Waals surface area contributed by atoms with Crippen LogP contribution in [0.5, 0.6) is 17.2 Å². The average molecular weight is 1270 g/mol. The third-order valence-corrected chi connectivity index (χ3v) is 22.6. The molecule has 476 valence electrons. The summed E-state index contributed by atoms with van der Waals surface area (Å²) in [5.74, 6) is 3.87. The van der Waals surface area contributed by atoms with Crippen LogP contribution < -0.4 is 19.3 Å². The lowest BCUT2D eigenvalue weighted by molar-refractivity contribution is 0.346. The monoisotopic (exact) mass is 1270 g/mol. The van der Waals surface area contributed by atoms with Crippen molar-refractivity contribution in [3.05, 3.63) is 392 Å². The maximum atomic E-state index is 6.78. The number of anilines is 5. The molecule has 11 aromatic carbocycles. The Morgan fingerprint density at radius 2 is 0.969 bits per heavy atom. The minimum atomic E-state index is -0.569. The zero-order valence-electron chi connectivity index (χ0n) is 56.2. The normalized spacial score (nSPS) is 20.5. The second-order valence-corrected chi connectivity index (χ2v) is 28.5. The van der Waals surface area contributed by atoms with E-state index in [1.165, 1.54) is 100 Å². The number of ether oxygens (including phenoxy) is 2. The molecule has 0 radical (unpaired) electrons. The molecule has 0 aromatic heterocycles. The highest BCUT2D eigenvalue weighted by molar-refractivity contribution is 5.93. The average Bonchev–Trinajstić information content (AvgIpc) is 1.51. The highest BCUT2D eigenvalue weighted by atomic mass is 16.5. The SMILES string of the molecule is Cc1ccc(C2(C3=CC=C(Oc4ccc5c(c4)CC5)C(C)C3)C3=C(C=CC(C)(N(c4ccccc4)c4ccc(-c5ccc(N(c6ccccc6)c6ccc7c(c6)C(c6ccc(C)cc6)(c6ccc(Oc8ccc9c(c8)CC9)cc6)C6=C7CCC=C6)cc5)cc4)C3)c3ccccc32)cc1. The fourth-order valence-corrected chi connectivity index (χ4v) is 17.5. The minimum absolute atomic E-state index is 0.174. The highest BCUT2D eigenvalue weighted by Gasteiger charge is 2.53. The molecule has 0 heterocycles. The van der Waals surface area contributed by atoms with Crippen molar-refractivity contribution in [2.75, 3.05) is 9.80 Å². The lowest BCUT2D eigenvalue weighted by atomic mass is 9.61. The molecule has 0 N–H and O–H groups in total. The van der Waals surface area contributed by atoms with E-state index in [4.69, 9.17) is 9.47 Å². The largest absolute Gasteiger partial charge is 0.461 e. The molecule has 0 bridgehead atoms. The molecule has 0 amide bonds. The van der Waals surface area contributed by atoms with Crippen molar-refractivity contribution in [1.29, 1.82) is 0 Å². The second-order valence-electron chi connectivity index (χ2n) is 28.5. The summed E-state index contributed by atoms with van der Waals surface area (Å²) < 4.78 is 13.4. The molecule has 18 rings (SSSR count). The van der Waals surface area contributed by atoms with E-state index in [0.717, 1.165) is 114 Å². The van der Waals surface area contributed by atoms with Gasteiger partial charge in [-0.15, -0.1) is 0 Å². The number of nitrogens with zero attached hydrogens (tertiary/aromatic N) is 2. The zero-order valence-corrected chi connectivity index (χ0v) is 56.2. The van der Waals surface area contributed by atoms with Gasteiger partial charge in [-0.3, -0.25) is 0 Å². The molecular weight excluding hydrogens is 1190 g/mol. The van der Waals surface area contributed by atoms with Crippen LogP contribution in [0.3, 0.4) is 0 Å². The van der Waals surface area contributed by atoms with E-state index in [1.54, 1.807) is 0 Å². The minimum Gasteiger partial charge on any atom is -0.461 e. The summed E-state index contributed by atoms with van der Waals surface area (Å²) in [7, 11) is 0. The first-order valence-electron chi connectivity index (χ1n) is 35.3. The fraction of sp³-hybridized carbons (Fsp3) is 0.170. The van der Waals surface area contributed by atoms with Crippen molar-refractivity contribution in [2.45, 2.75) is 95.4 Å². The van der Waals surface area contributed by atoms with Gasteiger partial charge in [0.2, 0.25) is 0 Å². The van der Waals surface area contributed by atoms with E-state index in [9.17, 15) is 0 Å². The highest BCUT2D eigenvalue weighted by Crippen LogP contribution is 2.62. The molecule has 7 aliphatic rings. The summed E-state index contributed by atoms with van der Waals surface area (Å²) in [6.45, 7) is 9.18. The molecule has 7 aliphatic carbocycles. The summed E-state index contributed by atoms with van der Waals surface area (Å²) in [6.07, 6.45) is 22.7. The van der Waals surface area contributed by atoms with Crippen molar-refractivity contribution >= 4 is 39.6 Å². The number of fused-ring (bicyclic) bond motifs is 6. The second kappa shape index (κ2) is 23.7. The van der Waals surface area contributed by atoms with Crippen LogP contribution in [-0.2, 0) is 36.5 Å². The van der Waals surface area contributed by atoms with E-state index >= 15 is 0 Å². The molecule has 4 atom stereocenters. The number of allylic oxidation sites excluding steroid dienone is 10. The Bertz CT molecular complexity index is 5170. The van der Waals surface area contributed by atoms with E-state index in [2.05, 4.69) is 335 Å². The molecule has 0 saturated heterocycles. The number of hydrogen-bond acceptors (Lipinski definition) is 4. The van der Waals surface area contributed by atoms with Gasteiger partial charge in [0, 0.05) is 34.4 Å². The number of benzene rings is 11. The smallest absolute Gasteiger partial charge is 0.127 e. The summed E-state index contributed by atoms with van der Waals surface area (Å²) in [5.41, 5.74) is 30.6.